The van der Waals surface area contributed by atoms with Crippen molar-refractivity contribution in [2.45, 2.75) is 32.7 Å². The van der Waals surface area contributed by atoms with Crippen molar-refractivity contribution in [1.29, 1.82) is 0 Å². The van der Waals surface area contributed by atoms with Crippen LogP contribution in [0.3, 0.4) is 0 Å². The van der Waals surface area contributed by atoms with Gasteiger partial charge in [-0.3, -0.25) is 4.79 Å². The predicted molar refractivity (Wildman–Crippen MR) is 58.4 cm³/mol. The van der Waals surface area contributed by atoms with Crippen molar-refractivity contribution in [3.8, 4) is 0 Å². The summed E-state index contributed by atoms with van der Waals surface area (Å²) in [5, 5.41) is 0. The summed E-state index contributed by atoms with van der Waals surface area (Å²) in [5.74, 6) is 0.207. The molecular weight excluding hydrogens is 194 g/mol. The lowest BCUT2D eigenvalue weighted by atomic mass is 10.2. The van der Waals surface area contributed by atoms with E-state index in [1.165, 1.54) is 9.75 Å². The Hall–Kier alpha value is -0.830. The van der Waals surface area contributed by atoms with Gasteiger partial charge in [0.15, 0.2) is 0 Å². The first-order valence-corrected chi connectivity index (χ1v) is 5.83. The quantitative estimate of drug-likeness (QED) is 0.696. The number of carbonyl (C=O) groups excluding carboxylic acids is 1. The number of hydrogen-bond donors (Lipinski definition) is 0. The lowest BCUT2D eigenvalue weighted by Crippen LogP contribution is -2.27. The van der Waals surface area contributed by atoms with Crippen LogP contribution in [0, 0.1) is 6.92 Å². The molecule has 1 aliphatic rings. The van der Waals surface area contributed by atoms with E-state index >= 15 is 0 Å². The van der Waals surface area contributed by atoms with Crippen molar-refractivity contribution in [1.82, 2.24) is 4.90 Å². The van der Waals surface area contributed by atoms with E-state index in [1.54, 1.807) is 6.92 Å². The lowest BCUT2D eigenvalue weighted by molar-refractivity contribution is -0.129. The molecule has 1 aliphatic heterocycles. The van der Waals surface area contributed by atoms with Crippen molar-refractivity contribution >= 4 is 17.2 Å². The van der Waals surface area contributed by atoms with E-state index in [2.05, 4.69) is 19.1 Å². The summed E-state index contributed by atoms with van der Waals surface area (Å²) in [6.07, 6.45) is 2.26. The van der Waals surface area contributed by atoms with Gasteiger partial charge in [-0.05, 0) is 31.9 Å². The summed E-state index contributed by atoms with van der Waals surface area (Å²) in [4.78, 5) is 16.0. The molecule has 1 aromatic rings. The number of carbonyl (C=O) groups is 1. The van der Waals surface area contributed by atoms with Crippen LogP contribution in [0.5, 0.6) is 0 Å². The van der Waals surface area contributed by atoms with Crippen molar-refractivity contribution in [3.63, 3.8) is 0 Å². The molecular formula is C11H15NOS. The molecule has 1 unspecified atom stereocenters. The van der Waals surface area contributed by atoms with Crippen molar-refractivity contribution < 1.29 is 4.79 Å². The molecule has 1 saturated heterocycles. The average Bonchev–Trinajstić information content (AvgIpc) is 2.70. The maximum Gasteiger partial charge on any atom is 0.219 e. The number of nitrogens with zero attached hydrogens (tertiary/aromatic N) is 1. The first-order chi connectivity index (χ1) is 6.68. The minimum Gasteiger partial charge on any atom is -0.335 e. The number of hydrogen-bond acceptors (Lipinski definition) is 2. The largest absolute Gasteiger partial charge is 0.335 e. The zero-order valence-corrected chi connectivity index (χ0v) is 9.43. The van der Waals surface area contributed by atoms with Gasteiger partial charge in [0.1, 0.15) is 0 Å². The molecule has 2 rings (SSSR count). The topological polar surface area (TPSA) is 20.3 Å². The molecule has 0 aliphatic carbocycles. The van der Waals surface area contributed by atoms with Crippen LogP contribution in [0.4, 0.5) is 0 Å². The fourth-order valence-corrected chi connectivity index (χ4v) is 3.10. The minimum atomic E-state index is 0.207. The Kier molecular flexibility index (Phi) is 2.59. The summed E-state index contributed by atoms with van der Waals surface area (Å²) in [6, 6.07) is 4.65. The summed E-state index contributed by atoms with van der Waals surface area (Å²) in [5.41, 5.74) is 0. The van der Waals surface area contributed by atoms with Gasteiger partial charge in [0, 0.05) is 23.2 Å². The van der Waals surface area contributed by atoms with Gasteiger partial charge in [0.25, 0.3) is 0 Å². The average molecular weight is 209 g/mol. The van der Waals surface area contributed by atoms with Crippen LogP contribution in [0.2, 0.25) is 0 Å². The molecule has 1 aromatic heterocycles. The Labute approximate surface area is 88.5 Å². The third-order valence-electron chi connectivity index (χ3n) is 2.75. The normalized spacial score (nSPS) is 21.6. The maximum atomic E-state index is 11.4. The first-order valence-electron chi connectivity index (χ1n) is 5.02. The summed E-state index contributed by atoms with van der Waals surface area (Å²) in [6.45, 7) is 4.71. The fraction of sp³-hybridized carbons (Fsp3) is 0.545. The number of rotatable bonds is 1. The highest BCUT2D eigenvalue weighted by Crippen LogP contribution is 2.35. The first kappa shape index (κ1) is 9.71. The lowest BCUT2D eigenvalue weighted by Gasteiger charge is -2.21. The monoisotopic (exact) mass is 209 g/mol. The van der Waals surface area contributed by atoms with E-state index in [1.807, 2.05) is 16.2 Å². The van der Waals surface area contributed by atoms with Gasteiger partial charge in [-0.25, -0.2) is 0 Å². The van der Waals surface area contributed by atoms with Gasteiger partial charge in [0.05, 0.1) is 6.04 Å². The molecule has 2 nitrogen and oxygen atoms in total. The van der Waals surface area contributed by atoms with E-state index in [0.717, 1.165) is 19.4 Å². The molecule has 0 aromatic carbocycles. The van der Waals surface area contributed by atoms with Gasteiger partial charge in [-0.1, -0.05) is 0 Å². The number of thiophene rings is 1. The summed E-state index contributed by atoms with van der Waals surface area (Å²) < 4.78 is 0. The Morgan fingerprint density at radius 3 is 2.93 bits per heavy atom. The highest BCUT2D eigenvalue weighted by atomic mass is 32.1. The molecule has 0 bridgehead atoms. The van der Waals surface area contributed by atoms with Gasteiger partial charge in [0.2, 0.25) is 5.91 Å². The maximum absolute atomic E-state index is 11.4. The van der Waals surface area contributed by atoms with E-state index in [9.17, 15) is 4.79 Å². The van der Waals surface area contributed by atoms with Crippen LogP contribution in [-0.2, 0) is 4.79 Å². The second-order valence-corrected chi connectivity index (χ2v) is 5.14. The van der Waals surface area contributed by atoms with Crippen LogP contribution < -0.4 is 0 Å². The third kappa shape index (κ3) is 1.69. The SMILES string of the molecule is CC(=O)N1CCCC1c1ccc(C)s1. The molecule has 14 heavy (non-hydrogen) atoms. The van der Waals surface area contributed by atoms with E-state index in [-0.39, 0.29) is 5.91 Å². The molecule has 1 fully saturated rings. The van der Waals surface area contributed by atoms with Gasteiger partial charge in [-0.2, -0.15) is 0 Å². The van der Waals surface area contributed by atoms with Crippen LogP contribution in [-0.4, -0.2) is 17.4 Å². The number of amides is 1. The van der Waals surface area contributed by atoms with Gasteiger partial charge in [-0.15, -0.1) is 11.3 Å². The molecule has 0 saturated carbocycles. The summed E-state index contributed by atoms with van der Waals surface area (Å²) >= 11 is 1.81. The second-order valence-electron chi connectivity index (χ2n) is 3.82. The third-order valence-corrected chi connectivity index (χ3v) is 3.85. The predicted octanol–water partition coefficient (Wildman–Crippen LogP) is 2.74. The highest BCUT2D eigenvalue weighted by Gasteiger charge is 2.28. The van der Waals surface area contributed by atoms with E-state index in [4.69, 9.17) is 0 Å². The van der Waals surface area contributed by atoms with Gasteiger partial charge < -0.3 is 4.90 Å². The molecule has 3 heteroatoms. The van der Waals surface area contributed by atoms with Crippen LogP contribution >= 0.6 is 11.3 Å². The molecule has 0 radical (unpaired) electrons. The number of aryl methyl sites for hydroxylation is 1. The molecule has 76 valence electrons. The van der Waals surface area contributed by atoms with E-state index < -0.39 is 0 Å². The van der Waals surface area contributed by atoms with Crippen molar-refractivity contribution in [3.05, 3.63) is 21.9 Å². The van der Waals surface area contributed by atoms with E-state index in [0.29, 0.717) is 6.04 Å². The highest BCUT2D eigenvalue weighted by molar-refractivity contribution is 7.12. The molecule has 0 spiro atoms. The molecule has 2 heterocycles. The molecule has 1 atom stereocenters. The second kappa shape index (κ2) is 3.73. The zero-order chi connectivity index (χ0) is 10.1. The Balaban J connectivity index is 2.21. The Morgan fingerprint density at radius 1 is 1.57 bits per heavy atom. The fourth-order valence-electron chi connectivity index (χ4n) is 2.07. The smallest absolute Gasteiger partial charge is 0.219 e. The zero-order valence-electron chi connectivity index (χ0n) is 8.62. The Morgan fingerprint density at radius 2 is 2.36 bits per heavy atom. The minimum absolute atomic E-state index is 0.207. The Bertz CT molecular complexity index is 345. The van der Waals surface area contributed by atoms with Crippen LogP contribution in [0.1, 0.15) is 35.6 Å². The van der Waals surface area contributed by atoms with Crippen molar-refractivity contribution in [2.75, 3.05) is 6.54 Å². The van der Waals surface area contributed by atoms with Gasteiger partial charge >= 0.3 is 0 Å². The summed E-state index contributed by atoms with van der Waals surface area (Å²) in [7, 11) is 0. The standard InChI is InChI=1S/C11H15NOS/c1-8-5-6-11(14-8)10-4-3-7-12(10)9(2)13/h5-6,10H,3-4,7H2,1-2H3. The van der Waals surface area contributed by atoms with Crippen molar-refractivity contribution in [2.24, 2.45) is 0 Å². The number of likely N-dealkylation sites (tertiary alicyclic amines) is 1. The molecule has 1 amide bonds. The van der Waals surface area contributed by atoms with Crippen LogP contribution in [0.15, 0.2) is 12.1 Å². The van der Waals surface area contributed by atoms with Crippen LogP contribution in [0.25, 0.3) is 0 Å². The molecule has 0 N–H and O–H groups in total.